The van der Waals surface area contributed by atoms with Crippen LogP contribution in [0.25, 0.3) is 111 Å². The fourth-order valence-electron chi connectivity index (χ4n) is 14.2. The maximum Gasteiger partial charge on any atom is 3.00 e. The number of oxazole rings is 1. The smallest absolute Gasteiger partial charge is 0.504 e. The number of hydrogen-bond acceptors (Lipinski definition) is 12. The van der Waals surface area contributed by atoms with Gasteiger partial charge in [-0.3, -0.25) is 24.3 Å². The molecule has 0 spiro atoms. The molecule has 12 nitrogen and oxygen atoms in total. The second kappa shape index (κ2) is 40.6. The van der Waals surface area contributed by atoms with Crippen molar-refractivity contribution >= 4 is 49.6 Å². The maximum absolute atomic E-state index is 12.8. The van der Waals surface area contributed by atoms with Gasteiger partial charge in [0, 0.05) is 114 Å². The third-order valence-corrected chi connectivity index (χ3v) is 23.0. The summed E-state index contributed by atoms with van der Waals surface area (Å²) in [6, 6.07) is 116. The van der Waals surface area contributed by atoms with E-state index in [0.29, 0.717) is 15.7 Å². The molecule has 0 unspecified atom stereocenters. The molecule has 0 fully saturated rings. The minimum Gasteiger partial charge on any atom is -0.504 e. The van der Waals surface area contributed by atoms with Gasteiger partial charge < -0.3 is 14.2 Å². The largest absolute Gasteiger partial charge is 3.00 e. The molecule has 7 heterocycles. The fourth-order valence-corrected chi connectivity index (χ4v) is 17.1. The Labute approximate surface area is 745 Å². The average molecular weight is 2140 g/mol. The van der Waals surface area contributed by atoms with Crippen molar-refractivity contribution in [3.63, 3.8) is 0 Å². The van der Waals surface area contributed by atoms with E-state index >= 15 is 0 Å². The van der Waals surface area contributed by atoms with Crippen molar-refractivity contribution in [2.24, 2.45) is 0 Å². The number of benzene rings is 13. The summed E-state index contributed by atoms with van der Waals surface area (Å²) in [6.07, 6.45) is 10.4. The molecule has 0 saturated heterocycles. The van der Waals surface area contributed by atoms with Gasteiger partial charge in [-0.1, -0.05) is 172 Å². The molecule has 0 atom stereocenters. The number of sulfone groups is 1. The van der Waals surface area contributed by atoms with E-state index in [4.69, 9.17) is 4.42 Å². The molecular formula is C101H78Ir3N9O3S3-4. The zero-order chi connectivity index (χ0) is 79.9. The number of fused-ring (bicyclic) bond motifs is 4. The van der Waals surface area contributed by atoms with Crippen LogP contribution in [0.15, 0.2) is 353 Å². The number of rotatable bonds is 11. The second-order valence-electron chi connectivity index (χ2n) is 27.5. The Morgan fingerprint density at radius 3 is 1.38 bits per heavy atom. The predicted octanol–water partition coefficient (Wildman–Crippen LogP) is 24.9. The third-order valence-electron chi connectivity index (χ3n) is 19.5. The van der Waals surface area contributed by atoms with Crippen molar-refractivity contribution in [2.75, 3.05) is 16.8 Å². The summed E-state index contributed by atoms with van der Waals surface area (Å²) in [5.74, 6) is 0.616. The van der Waals surface area contributed by atoms with E-state index < -0.39 is 9.84 Å². The van der Waals surface area contributed by atoms with E-state index in [9.17, 15) is 8.42 Å². The van der Waals surface area contributed by atoms with Gasteiger partial charge in [0.15, 0.2) is 0 Å². The molecule has 20 rings (SSSR count). The summed E-state index contributed by atoms with van der Waals surface area (Å²) in [6.45, 7) is 15.0. The Bertz CT molecular complexity index is 6160. The van der Waals surface area contributed by atoms with Gasteiger partial charge in [0.25, 0.3) is 0 Å². The Balaban J connectivity index is 0.000000136. The zero-order valence-corrected chi connectivity index (χ0v) is 75.5. The van der Waals surface area contributed by atoms with E-state index in [1.54, 1.807) is 76.6 Å². The van der Waals surface area contributed by atoms with Crippen LogP contribution in [-0.2, 0) is 70.2 Å². The first kappa shape index (κ1) is 86.6. The summed E-state index contributed by atoms with van der Waals surface area (Å²) in [4.78, 5) is 17.4. The average Bonchev–Trinajstić information content (AvgIpc) is 1.58. The molecule has 594 valence electrons. The molecule has 0 bridgehead atoms. The normalized spacial score (nSPS) is 11.5. The van der Waals surface area contributed by atoms with Gasteiger partial charge in [0.05, 0.1) is 27.9 Å². The fraction of sp³-hybridized carbons (Fsp3) is 0.0693. The van der Waals surface area contributed by atoms with E-state index in [1.165, 1.54) is 78.1 Å². The molecule has 2 radical (unpaired) electrons. The topological polar surface area (TPSA) is 128 Å². The quantitative estimate of drug-likeness (QED) is 0.115. The number of hydrogen-bond donors (Lipinski definition) is 0. The molecule has 0 saturated carbocycles. The van der Waals surface area contributed by atoms with Crippen molar-refractivity contribution in [2.45, 2.75) is 51.3 Å². The van der Waals surface area contributed by atoms with Crippen LogP contribution < -0.4 is 9.80 Å². The van der Waals surface area contributed by atoms with E-state index in [1.807, 2.05) is 150 Å². The molecule has 0 amide bonds. The number of aryl methyl sites for hydroxylation is 6. The first-order valence-electron chi connectivity index (χ1n) is 37.7. The molecule has 2 aliphatic rings. The van der Waals surface area contributed by atoms with Crippen LogP contribution in [-0.4, -0.2) is 50.0 Å². The van der Waals surface area contributed by atoms with E-state index in [-0.39, 0.29) is 60.3 Å². The van der Waals surface area contributed by atoms with Gasteiger partial charge in [0.1, 0.15) is 5.89 Å². The molecule has 5 aromatic heterocycles. The molecule has 2 aliphatic heterocycles. The van der Waals surface area contributed by atoms with Crippen molar-refractivity contribution in [1.29, 1.82) is 0 Å². The van der Waals surface area contributed by atoms with E-state index in [0.717, 1.165) is 77.4 Å². The van der Waals surface area contributed by atoms with Gasteiger partial charge >= 0.3 is 20.1 Å². The second-order valence-corrected chi connectivity index (χ2v) is 31.2. The number of thiazole rings is 2. The molecular weight excluding hydrogens is 2060 g/mol. The van der Waals surface area contributed by atoms with Crippen LogP contribution in [0, 0.1) is 84.6 Å². The van der Waals surface area contributed by atoms with Crippen LogP contribution in [0.5, 0.6) is 0 Å². The summed E-state index contributed by atoms with van der Waals surface area (Å²) in [5, 5.41) is 14.7. The molecule has 119 heavy (non-hydrogen) atoms. The van der Waals surface area contributed by atoms with Crippen molar-refractivity contribution in [3.8, 4) is 111 Å². The first-order valence-corrected chi connectivity index (χ1v) is 40.9. The molecule has 18 heteroatoms. The van der Waals surface area contributed by atoms with Crippen LogP contribution in [0.1, 0.15) is 33.6 Å². The first-order chi connectivity index (χ1) is 56.7. The summed E-state index contributed by atoms with van der Waals surface area (Å²) in [7, 11) is -1.39. The molecule has 0 aliphatic carbocycles. The zero-order valence-electron chi connectivity index (χ0n) is 65.9. The SMILES string of the molecule is Cc1cc(-c2ccccc2)cc(C)c1-c1c[c-]c(N2[CH-]N(C)c3ccccc32)cc1.Cc1cc(C)n(-c2[c-]cc(-c3c(C)cc(-c4ccccc4)cc3C)cc2)n1.O=S1(=O)c2ccccc2-c2ccc(-c3c[c-]c(-n4cccn4)cc3)cc21.[Ir+3].[Ir].[Ir].[c-]1ccccc1-c1ncco1.[c-]1ccccc1-c1nccs1.[c-]1ccccc1-c1nccs1. The Morgan fingerprint density at radius 1 is 0.412 bits per heavy atom. The van der Waals surface area contributed by atoms with E-state index in [2.05, 4.69) is 271 Å². The number of anilines is 3. The molecule has 0 N–H and O–H groups in total. The minimum atomic E-state index is -3.46. The predicted molar refractivity (Wildman–Crippen MR) is 471 cm³/mol. The third kappa shape index (κ3) is 20.5. The summed E-state index contributed by atoms with van der Waals surface area (Å²) < 4.78 is 34.4. The van der Waals surface area contributed by atoms with Gasteiger partial charge in [-0.05, 0) is 119 Å². The van der Waals surface area contributed by atoms with Crippen LogP contribution >= 0.6 is 22.7 Å². The van der Waals surface area contributed by atoms with Crippen molar-refractivity contribution in [3.05, 3.63) is 416 Å². The Hall–Kier alpha value is -11.8. The maximum atomic E-state index is 12.8. The minimum absolute atomic E-state index is 0. The van der Waals surface area contributed by atoms with Crippen molar-refractivity contribution < 1.29 is 73.2 Å². The van der Waals surface area contributed by atoms with Crippen LogP contribution in [0.2, 0.25) is 0 Å². The Kier molecular flexibility index (Phi) is 29.5. The summed E-state index contributed by atoms with van der Waals surface area (Å²) in [5.41, 5.74) is 28.8. The van der Waals surface area contributed by atoms with Gasteiger partial charge in [-0.2, -0.15) is 94.1 Å². The van der Waals surface area contributed by atoms with Gasteiger partial charge in [0.2, 0.25) is 9.84 Å². The van der Waals surface area contributed by atoms with Crippen LogP contribution in [0.4, 0.5) is 17.1 Å². The molecule has 18 aromatic rings. The van der Waals surface area contributed by atoms with Gasteiger partial charge in [-0.25, -0.2) is 8.42 Å². The van der Waals surface area contributed by atoms with Gasteiger partial charge in [-0.15, -0.1) is 143 Å². The molecule has 13 aromatic carbocycles. The standard InChI is InChI=1S/C28H24N2.C25H23N2.C21H13N2O2S.C9H6NO.2C9H6NS.3Ir/c1-20-17-24(22-9-5-4-6-10-22)18-21(2)28(20)23-13-15-25(16-14-23)30-19-29(3)26-11-7-8-12-27(26)30;1-17-14-23(21-8-6-5-7-9-21)15-18(2)25(17)22-10-12-24(13-11-22)27-20(4)16-19(3)26-27;24-26(25)20-5-2-1-4-18(20)19-11-8-16(14-21(19)26)15-6-9-17(10-7-15)23-13-3-12-22-23;3*1-2-4-8(5-3-1)9-10-6-7-11-9;;;/h4-15,17-19H,1-3H3;5-12,14-16H,1-4H3;1-9,11-14H;3*1-4,6-7H;;;/q-2;5*-1;;;+3. The summed E-state index contributed by atoms with van der Waals surface area (Å²) >= 11 is 3.27. The number of nitrogens with zero attached hydrogens (tertiary/aromatic N) is 9. The monoisotopic (exact) mass is 2140 g/mol. The number of aromatic nitrogens is 7. The number of para-hydroxylation sites is 2. The Morgan fingerprint density at radius 2 is 0.899 bits per heavy atom. The van der Waals surface area contributed by atoms with Crippen LogP contribution in [0.3, 0.4) is 0 Å². The van der Waals surface area contributed by atoms with Crippen molar-refractivity contribution in [1.82, 2.24) is 34.5 Å².